The number of ether oxygens (including phenoxy) is 2. The number of nitrogens with zero attached hydrogens (tertiary/aromatic N) is 4. The number of aromatic nitrogens is 5. The molecule has 0 amide bonds. The Kier molecular flexibility index (Phi) is 9.02. The van der Waals surface area contributed by atoms with Crippen molar-refractivity contribution in [2.45, 2.75) is 95.1 Å². The van der Waals surface area contributed by atoms with Crippen molar-refractivity contribution in [2.24, 2.45) is 11.8 Å². The van der Waals surface area contributed by atoms with E-state index in [2.05, 4.69) is 56.9 Å². The number of rotatable bonds is 11. The fourth-order valence-corrected chi connectivity index (χ4v) is 8.75. The van der Waals surface area contributed by atoms with Gasteiger partial charge < -0.3 is 19.9 Å². The maximum absolute atomic E-state index is 12.9. The fraction of sp³-hybridized carbons (Fsp3) is 0.486. The van der Waals surface area contributed by atoms with Crippen molar-refractivity contribution in [1.29, 1.82) is 0 Å². The maximum atomic E-state index is 12.9. The topological polar surface area (TPSA) is 135 Å². The predicted molar refractivity (Wildman–Crippen MR) is 183 cm³/mol. The molecule has 3 aliphatic rings. The molecule has 4 aromatic rings. The Morgan fingerprint density at radius 2 is 2.00 bits per heavy atom. The van der Waals surface area contributed by atoms with Gasteiger partial charge in [0.25, 0.3) is 0 Å². The summed E-state index contributed by atoms with van der Waals surface area (Å²) in [6.45, 7) is 5.39. The third-order valence-corrected chi connectivity index (χ3v) is 11.3. The number of carboxylic acids is 1. The summed E-state index contributed by atoms with van der Waals surface area (Å²) in [7, 11) is 0. The van der Waals surface area contributed by atoms with Crippen LogP contribution in [0.5, 0.6) is 11.5 Å². The first-order chi connectivity index (χ1) is 23.2. The van der Waals surface area contributed by atoms with Gasteiger partial charge in [-0.25, -0.2) is 4.79 Å². The summed E-state index contributed by atoms with van der Waals surface area (Å²) in [4.78, 5) is 17.6. The highest BCUT2D eigenvalue weighted by molar-refractivity contribution is 6.30. The molecule has 1 spiro atoms. The van der Waals surface area contributed by atoms with Gasteiger partial charge in [0.1, 0.15) is 17.0 Å². The van der Waals surface area contributed by atoms with E-state index in [1.165, 1.54) is 28.8 Å². The van der Waals surface area contributed by atoms with E-state index in [0.29, 0.717) is 48.0 Å². The normalized spacial score (nSPS) is 25.2. The Labute approximate surface area is 286 Å². The summed E-state index contributed by atoms with van der Waals surface area (Å²) in [6, 6.07) is 15.7. The average Bonchev–Trinajstić information content (AvgIpc) is 3.70. The largest absolute Gasteiger partial charge is 0.493 e. The van der Waals surface area contributed by atoms with E-state index < -0.39 is 11.5 Å². The first-order valence-corrected chi connectivity index (χ1v) is 17.5. The van der Waals surface area contributed by atoms with Crippen LogP contribution >= 0.6 is 11.6 Å². The molecular formula is C37H43ClN6O4. The molecule has 0 radical (unpaired) electrons. The number of tetrazole rings is 1. The van der Waals surface area contributed by atoms with Crippen molar-refractivity contribution >= 4 is 23.3 Å². The van der Waals surface area contributed by atoms with Crippen molar-refractivity contribution in [3.8, 4) is 11.5 Å². The van der Waals surface area contributed by atoms with Gasteiger partial charge in [0.05, 0.1) is 6.61 Å². The Morgan fingerprint density at radius 3 is 2.77 bits per heavy atom. The molecule has 2 heterocycles. The van der Waals surface area contributed by atoms with Crippen LogP contribution in [0.25, 0.3) is 0 Å². The number of nitrogens with one attached hydrogen (secondary N) is 2. The minimum atomic E-state index is -1.08. The molecule has 7 rings (SSSR count). The lowest BCUT2D eigenvalue weighted by molar-refractivity contribution is -0.144. The number of carboxylic acid groups (broad SMARTS) is 1. The highest BCUT2D eigenvalue weighted by Gasteiger charge is 2.54. The van der Waals surface area contributed by atoms with Crippen LogP contribution in [0.1, 0.15) is 92.9 Å². The number of benzene rings is 2. The lowest BCUT2D eigenvalue weighted by Crippen LogP contribution is -2.53. The van der Waals surface area contributed by atoms with Gasteiger partial charge in [-0.05, 0) is 128 Å². The number of H-pyrrole nitrogens is 1. The molecule has 0 aliphatic heterocycles. The quantitative estimate of drug-likeness (QED) is 0.150. The molecule has 1 unspecified atom stereocenters. The van der Waals surface area contributed by atoms with Gasteiger partial charge in [-0.2, -0.15) is 5.21 Å². The highest BCUT2D eigenvalue weighted by atomic mass is 35.5. The van der Waals surface area contributed by atoms with Crippen LogP contribution in [-0.2, 0) is 29.7 Å². The van der Waals surface area contributed by atoms with Gasteiger partial charge in [-0.1, -0.05) is 42.8 Å². The van der Waals surface area contributed by atoms with Gasteiger partial charge >= 0.3 is 5.97 Å². The molecule has 1 fully saturated rings. The second kappa shape index (κ2) is 13.4. The van der Waals surface area contributed by atoms with Crippen LogP contribution in [0.2, 0.25) is 5.02 Å². The van der Waals surface area contributed by atoms with E-state index in [1.54, 1.807) is 12.1 Å². The van der Waals surface area contributed by atoms with Crippen molar-refractivity contribution in [1.82, 2.24) is 25.6 Å². The molecule has 0 bridgehead atoms. The number of halogens is 1. The SMILES string of the molecule is C[C@@H](COc1ccnc2c1[C@H](C)CCC2)CC1Cc2ccc(OCc3nn[nH]n3)cc2C12CCC(Nc1cccc(Cl)c1)(C(=O)O)CC2. The molecule has 3 atom stereocenters. The number of pyridine rings is 1. The predicted octanol–water partition coefficient (Wildman–Crippen LogP) is 7.29. The average molecular weight is 671 g/mol. The lowest BCUT2D eigenvalue weighted by atomic mass is 9.59. The third-order valence-electron chi connectivity index (χ3n) is 11.0. The summed E-state index contributed by atoms with van der Waals surface area (Å²) < 4.78 is 12.7. The number of hydrogen-bond acceptors (Lipinski definition) is 8. The van der Waals surface area contributed by atoms with Crippen LogP contribution in [0, 0.1) is 11.8 Å². The van der Waals surface area contributed by atoms with E-state index in [-0.39, 0.29) is 12.0 Å². The molecule has 1 saturated carbocycles. The Morgan fingerprint density at radius 1 is 1.15 bits per heavy atom. The zero-order valence-electron chi connectivity index (χ0n) is 27.5. The highest BCUT2D eigenvalue weighted by Crippen LogP contribution is 2.57. The van der Waals surface area contributed by atoms with Gasteiger partial charge in [0.15, 0.2) is 6.61 Å². The van der Waals surface area contributed by atoms with E-state index in [4.69, 9.17) is 21.1 Å². The summed E-state index contributed by atoms with van der Waals surface area (Å²) in [5.41, 5.74) is 4.49. The second-order valence-corrected chi connectivity index (χ2v) is 14.6. The summed E-state index contributed by atoms with van der Waals surface area (Å²) in [5, 5.41) is 28.7. The van der Waals surface area contributed by atoms with Crippen molar-refractivity contribution in [3.63, 3.8) is 0 Å². The second-order valence-electron chi connectivity index (χ2n) is 14.1. The minimum Gasteiger partial charge on any atom is -0.493 e. The number of aryl methyl sites for hydroxylation is 1. The fourth-order valence-electron chi connectivity index (χ4n) is 8.56. The standard InChI is InChI=1S/C37H43ClN6O4/c1-23(21-48-32-11-16-39-31-8-3-5-24(2)34(31)32)17-26-18-25-9-10-29(47-22-33-41-43-44-42-33)20-30(25)36(26)12-14-37(15-13-36,35(45)46)40-28-7-4-6-27(38)19-28/h4,6-7,9-11,16,19-20,23-24,26,40H,3,5,8,12-15,17-18,21-22H2,1-2H3,(H,45,46)(H,41,42,43,44)/t23-,24-,26?,36?,37?/m1/s1. The number of hydrogen-bond donors (Lipinski definition) is 3. The number of aliphatic carboxylic acids is 1. The number of aromatic amines is 1. The molecule has 10 nitrogen and oxygen atoms in total. The molecule has 0 saturated heterocycles. The summed E-state index contributed by atoms with van der Waals surface area (Å²) >= 11 is 6.26. The first-order valence-electron chi connectivity index (χ1n) is 17.1. The molecule has 2 aromatic heterocycles. The Balaban J connectivity index is 1.13. The molecule has 3 aliphatic carbocycles. The first kappa shape index (κ1) is 32.4. The van der Waals surface area contributed by atoms with Crippen molar-refractivity contribution < 1.29 is 19.4 Å². The van der Waals surface area contributed by atoms with Gasteiger partial charge in [-0.15, -0.1) is 10.2 Å². The van der Waals surface area contributed by atoms with E-state index in [0.717, 1.165) is 55.7 Å². The van der Waals surface area contributed by atoms with Crippen LogP contribution < -0.4 is 14.8 Å². The van der Waals surface area contributed by atoms with Crippen molar-refractivity contribution in [2.75, 3.05) is 11.9 Å². The van der Waals surface area contributed by atoms with E-state index in [9.17, 15) is 9.90 Å². The molecule has 48 heavy (non-hydrogen) atoms. The van der Waals surface area contributed by atoms with Crippen LogP contribution in [-0.4, -0.2) is 48.8 Å². The van der Waals surface area contributed by atoms with Gasteiger partial charge in [0, 0.05) is 28.2 Å². The molecule has 2 aromatic carbocycles. The summed E-state index contributed by atoms with van der Waals surface area (Å²) in [5.74, 6) is 2.46. The molecule has 252 valence electrons. The number of fused-ring (bicyclic) bond motifs is 3. The minimum absolute atomic E-state index is 0.186. The van der Waals surface area contributed by atoms with Gasteiger partial charge in [-0.3, -0.25) is 4.98 Å². The van der Waals surface area contributed by atoms with Crippen LogP contribution in [0.4, 0.5) is 5.69 Å². The van der Waals surface area contributed by atoms with E-state index >= 15 is 0 Å². The molecule has 11 heteroatoms. The van der Waals surface area contributed by atoms with Crippen molar-refractivity contribution in [3.05, 3.63) is 88.0 Å². The summed E-state index contributed by atoms with van der Waals surface area (Å²) in [6.07, 6.45) is 9.60. The number of anilines is 1. The van der Waals surface area contributed by atoms with Gasteiger partial charge in [0.2, 0.25) is 5.82 Å². The van der Waals surface area contributed by atoms with E-state index in [1.807, 2.05) is 30.5 Å². The Hall–Kier alpha value is -4.18. The maximum Gasteiger partial charge on any atom is 0.329 e. The zero-order valence-corrected chi connectivity index (χ0v) is 28.3. The molecular weight excluding hydrogens is 628 g/mol. The zero-order chi connectivity index (χ0) is 33.3. The molecule has 3 N–H and O–H groups in total. The Bertz CT molecular complexity index is 1760. The number of carbonyl (C=O) groups is 1. The third kappa shape index (κ3) is 6.34. The van der Waals surface area contributed by atoms with Crippen LogP contribution in [0.15, 0.2) is 54.7 Å². The smallest absolute Gasteiger partial charge is 0.329 e. The monoisotopic (exact) mass is 670 g/mol. The lowest BCUT2D eigenvalue weighted by Gasteiger charge is -2.47. The van der Waals surface area contributed by atoms with Crippen LogP contribution in [0.3, 0.4) is 0 Å².